The number of hydrogen-bond donors (Lipinski definition) is 12. The zero-order valence-electron chi connectivity index (χ0n) is 29.8. The Balaban J connectivity index is 1.86. The van der Waals surface area contributed by atoms with E-state index in [1.165, 1.54) is 38.1 Å². The van der Waals surface area contributed by atoms with Gasteiger partial charge in [-0.15, -0.1) is 0 Å². The minimum atomic E-state index is -1.75. The first-order valence-corrected chi connectivity index (χ1v) is 16.9. The number of aliphatic carboxylic acids is 2. The Kier molecular flexibility index (Phi) is 15.2. The van der Waals surface area contributed by atoms with Crippen LogP contribution in [0.2, 0.25) is 0 Å². The average Bonchev–Trinajstić information content (AvgIpc) is 3.52. The quantitative estimate of drug-likeness (QED) is 0.0555. The molecule has 3 aromatic rings. The normalized spacial score (nSPS) is 14.8. The highest BCUT2D eigenvalue weighted by Gasteiger charge is 2.33. The molecule has 0 radical (unpaired) electrons. The van der Waals surface area contributed by atoms with Gasteiger partial charge in [-0.3, -0.25) is 33.6 Å². The summed E-state index contributed by atoms with van der Waals surface area (Å²) in [5.74, 6) is -9.19. The fraction of sp³-hybridized carbons (Fsp3) is 0.371. The average molecular weight is 769 g/mol. The third-order valence-electron chi connectivity index (χ3n) is 8.35. The molecule has 3 rings (SSSR count). The van der Waals surface area contributed by atoms with Crippen LogP contribution in [-0.2, 0) is 51.2 Å². The topological polar surface area (TPSA) is 345 Å². The second-order valence-corrected chi connectivity index (χ2v) is 12.8. The van der Waals surface area contributed by atoms with E-state index in [4.69, 9.17) is 11.5 Å². The van der Waals surface area contributed by atoms with Crippen LogP contribution in [0.1, 0.15) is 37.8 Å². The van der Waals surface area contributed by atoms with Crippen LogP contribution in [0.3, 0.4) is 0 Å². The number of carboxylic acids is 2. The number of phenolic OH excluding ortho intramolecular Hbond substituents is 1. The minimum Gasteiger partial charge on any atom is -0.508 e. The molecular weight excluding hydrogens is 724 g/mol. The number of benzene rings is 2. The van der Waals surface area contributed by atoms with Gasteiger partial charge in [0.2, 0.25) is 35.4 Å². The lowest BCUT2D eigenvalue weighted by atomic mass is 10.0. The van der Waals surface area contributed by atoms with Crippen molar-refractivity contribution in [2.45, 2.75) is 81.9 Å². The van der Waals surface area contributed by atoms with E-state index < -0.39 is 103 Å². The summed E-state index contributed by atoms with van der Waals surface area (Å²) in [6, 6.07) is 3.18. The Morgan fingerprint density at radius 2 is 1.24 bits per heavy atom. The Morgan fingerprint density at radius 1 is 0.691 bits per heavy atom. The molecule has 0 fully saturated rings. The summed E-state index contributed by atoms with van der Waals surface area (Å²) in [6.45, 7) is 2.46. The lowest BCUT2D eigenvalue weighted by Gasteiger charge is -2.26. The molecular formula is C35H44N8O12. The fourth-order valence-electron chi connectivity index (χ4n) is 5.30. The van der Waals surface area contributed by atoms with E-state index in [0.29, 0.717) is 22.0 Å². The van der Waals surface area contributed by atoms with Crippen molar-refractivity contribution in [3.8, 4) is 5.75 Å². The molecule has 20 nitrogen and oxygen atoms in total. The molecule has 0 aliphatic heterocycles. The van der Waals surface area contributed by atoms with Crippen LogP contribution in [0.25, 0.3) is 10.9 Å². The number of aliphatic hydroxyl groups excluding tert-OH is 1. The molecule has 0 bridgehead atoms. The van der Waals surface area contributed by atoms with Gasteiger partial charge in [0, 0.05) is 29.9 Å². The van der Waals surface area contributed by atoms with Crippen LogP contribution < -0.4 is 38.1 Å². The van der Waals surface area contributed by atoms with Crippen molar-refractivity contribution < 1.29 is 58.8 Å². The maximum absolute atomic E-state index is 13.7. The van der Waals surface area contributed by atoms with Gasteiger partial charge in [-0.2, -0.15) is 0 Å². The molecule has 7 atom stereocenters. The number of aromatic nitrogens is 1. The van der Waals surface area contributed by atoms with Crippen LogP contribution in [0.5, 0.6) is 5.75 Å². The van der Waals surface area contributed by atoms with Gasteiger partial charge in [0.15, 0.2) is 0 Å². The molecule has 0 aliphatic carbocycles. The molecule has 0 spiro atoms. The first-order valence-electron chi connectivity index (χ1n) is 16.9. The minimum absolute atomic E-state index is 0.103. The molecule has 20 heteroatoms. The number of aromatic hydroxyl groups is 1. The number of aromatic amines is 1. The molecule has 55 heavy (non-hydrogen) atoms. The van der Waals surface area contributed by atoms with Gasteiger partial charge < -0.3 is 63.5 Å². The highest BCUT2D eigenvalue weighted by atomic mass is 16.4. The molecule has 296 valence electrons. The van der Waals surface area contributed by atoms with Gasteiger partial charge in [0.25, 0.3) is 0 Å². The molecule has 1 aromatic heterocycles. The summed E-state index contributed by atoms with van der Waals surface area (Å²) in [4.78, 5) is 104. The number of fused-ring (bicyclic) bond motifs is 1. The van der Waals surface area contributed by atoms with Crippen LogP contribution in [0, 0.1) is 0 Å². The van der Waals surface area contributed by atoms with Crippen molar-refractivity contribution in [2.24, 2.45) is 11.5 Å². The standard InChI is InChI=1S/C35H44N8O12/c1-16(30(49)40-24(32(51)43-26(35(54)55)13-27(36)46)12-19-15-38-22-6-4-3-5-21(19)22)39-31(50)23(11-18-7-9-20(45)10-8-18)41-33(52)25(14-28(47)48)42-34(53)29(37)17(2)44/h3-10,15-17,23-26,29,38,44-45H,11-14,37H2,1-2H3,(H2,36,46)(H,39,50)(H,40,49)(H,41,52)(H,42,53)(H,43,51)(H,47,48)(H,54,55)/t16-,17+,23-,24-,25-,26-,29-/m0/s1. The molecule has 0 saturated heterocycles. The number of carbonyl (C=O) groups excluding carboxylic acids is 6. The maximum Gasteiger partial charge on any atom is 0.326 e. The van der Waals surface area contributed by atoms with Crippen molar-refractivity contribution in [1.82, 2.24) is 31.6 Å². The lowest BCUT2D eigenvalue weighted by molar-refractivity contribution is -0.143. The van der Waals surface area contributed by atoms with E-state index >= 15 is 0 Å². The van der Waals surface area contributed by atoms with E-state index in [1.54, 1.807) is 30.5 Å². The Bertz CT molecular complexity index is 1900. The van der Waals surface area contributed by atoms with Crippen molar-refractivity contribution in [3.63, 3.8) is 0 Å². The van der Waals surface area contributed by atoms with E-state index in [9.17, 15) is 58.8 Å². The summed E-state index contributed by atoms with van der Waals surface area (Å²) < 4.78 is 0. The number of nitrogens with one attached hydrogen (secondary N) is 6. The second kappa shape index (κ2) is 19.5. The smallest absolute Gasteiger partial charge is 0.326 e. The van der Waals surface area contributed by atoms with Gasteiger partial charge in [0.05, 0.1) is 18.9 Å². The van der Waals surface area contributed by atoms with E-state index in [-0.39, 0.29) is 18.6 Å². The summed E-state index contributed by atoms with van der Waals surface area (Å²) in [7, 11) is 0. The number of nitrogens with two attached hydrogens (primary N) is 2. The number of H-pyrrole nitrogens is 1. The van der Waals surface area contributed by atoms with Gasteiger partial charge in [-0.05, 0) is 43.2 Å². The van der Waals surface area contributed by atoms with E-state index in [1.807, 2.05) is 0 Å². The van der Waals surface area contributed by atoms with Crippen molar-refractivity contribution in [3.05, 3.63) is 65.9 Å². The number of para-hydroxylation sites is 1. The molecule has 14 N–H and O–H groups in total. The predicted molar refractivity (Wildman–Crippen MR) is 192 cm³/mol. The number of amides is 6. The van der Waals surface area contributed by atoms with E-state index in [2.05, 4.69) is 31.6 Å². The third-order valence-corrected chi connectivity index (χ3v) is 8.35. The van der Waals surface area contributed by atoms with Gasteiger partial charge >= 0.3 is 11.9 Å². The number of aliphatic hydroxyl groups is 1. The number of carbonyl (C=O) groups is 8. The molecule has 1 heterocycles. The van der Waals surface area contributed by atoms with E-state index in [0.717, 1.165) is 0 Å². The number of hydrogen-bond acceptors (Lipinski definition) is 11. The van der Waals surface area contributed by atoms with Crippen LogP contribution in [0.15, 0.2) is 54.7 Å². The highest BCUT2D eigenvalue weighted by Crippen LogP contribution is 2.19. The largest absolute Gasteiger partial charge is 0.508 e. The molecule has 2 aromatic carbocycles. The number of rotatable bonds is 20. The predicted octanol–water partition coefficient (Wildman–Crippen LogP) is -2.75. The maximum atomic E-state index is 13.7. The first kappa shape index (κ1) is 42.9. The lowest BCUT2D eigenvalue weighted by Crippen LogP contribution is -2.60. The zero-order valence-corrected chi connectivity index (χ0v) is 29.8. The van der Waals surface area contributed by atoms with Crippen LogP contribution >= 0.6 is 0 Å². The molecule has 0 aliphatic rings. The second-order valence-electron chi connectivity index (χ2n) is 12.8. The number of primary amides is 1. The summed E-state index contributed by atoms with van der Waals surface area (Å²) in [5.41, 5.74) is 12.4. The highest BCUT2D eigenvalue weighted by molar-refractivity contribution is 5.98. The Hall–Kier alpha value is -6.54. The zero-order chi connectivity index (χ0) is 41.0. The first-order chi connectivity index (χ1) is 25.9. The summed E-state index contributed by atoms with van der Waals surface area (Å²) in [5, 5.41) is 50.7. The number of carboxylic acid groups (broad SMARTS) is 2. The summed E-state index contributed by atoms with van der Waals surface area (Å²) >= 11 is 0. The van der Waals surface area contributed by atoms with Crippen molar-refractivity contribution in [2.75, 3.05) is 0 Å². The van der Waals surface area contributed by atoms with Gasteiger partial charge in [-0.25, -0.2) is 4.79 Å². The Labute approximate surface area is 313 Å². The SMILES string of the molecule is C[C@H](NC(=O)[C@H](Cc1ccc(O)cc1)NC(=O)[C@H](CC(=O)O)NC(=O)[C@@H](N)[C@@H](C)O)C(=O)N[C@@H](Cc1c[nH]c2ccccc12)C(=O)N[C@@H](CC(N)=O)C(=O)O. The third kappa shape index (κ3) is 12.8. The summed E-state index contributed by atoms with van der Waals surface area (Å²) in [6.07, 6.45) is -1.85. The van der Waals surface area contributed by atoms with Crippen molar-refractivity contribution >= 4 is 58.3 Å². The van der Waals surface area contributed by atoms with Crippen LogP contribution in [-0.4, -0.2) is 115 Å². The van der Waals surface area contributed by atoms with Crippen molar-refractivity contribution in [1.29, 1.82) is 0 Å². The number of phenols is 1. The molecule has 6 amide bonds. The van der Waals surface area contributed by atoms with Gasteiger partial charge in [0.1, 0.15) is 42.0 Å². The Morgan fingerprint density at radius 3 is 1.84 bits per heavy atom. The fourth-order valence-corrected chi connectivity index (χ4v) is 5.30. The molecule has 0 unspecified atom stereocenters. The monoisotopic (exact) mass is 768 g/mol. The van der Waals surface area contributed by atoms with Crippen LogP contribution in [0.4, 0.5) is 0 Å². The van der Waals surface area contributed by atoms with Gasteiger partial charge in [-0.1, -0.05) is 30.3 Å². The molecule has 0 saturated carbocycles.